The summed E-state index contributed by atoms with van der Waals surface area (Å²) in [6, 6.07) is -0.352. The number of nitrogens with zero attached hydrogens (tertiary/aromatic N) is 3. The zero-order chi connectivity index (χ0) is 11.4. The predicted molar refractivity (Wildman–Crippen MR) is 56.6 cm³/mol. The predicted octanol–water partition coefficient (Wildman–Crippen LogP) is -0.299. The van der Waals surface area contributed by atoms with Crippen molar-refractivity contribution >= 4 is 15.9 Å². The van der Waals surface area contributed by atoms with Crippen LogP contribution in [0.4, 0.5) is 0 Å². The Morgan fingerprint density at radius 2 is 2.07 bits per heavy atom. The lowest BCUT2D eigenvalue weighted by molar-refractivity contribution is -0.125. The van der Waals surface area contributed by atoms with Crippen molar-refractivity contribution < 1.29 is 9.47 Å². The summed E-state index contributed by atoms with van der Waals surface area (Å²) in [6.07, 6.45) is -0.511. The van der Waals surface area contributed by atoms with Crippen LogP contribution in [0.25, 0.3) is 0 Å². The molecule has 0 aliphatic heterocycles. The Balaban J connectivity index is 3.01. The van der Waals surface area contributed by atoms with Gasteiger partial charge in [-0.15, -0.1) is 5.10 Å². The summed E-state index contributed by atoms with van der Waals surface area (Å²) < 4.78 is 12.5. The van der Waals surface area contributed by atoms with Gasteiger partial charge in [-0.2, -0.15) is 0 Å². The molecule has 0 spiro atoms. The van der Waals surface area contributed by atoms with Gasteiger partial charge >= 0.3 is 0 Å². The van der Waals surface area contributed by atoms with Crippen molar-refractivity contribution in [1.29, 1.82) is 0 Å². The lowest BCUT2D eigenvalue weighted by Crippen LogP contribution is -2.39. The van der Waals surface area contributed by atoms with Crippen molar-refractivity contribution in [1.82, 2.24) is 20.4 Å². The smallest absolute Gasteiger partial charge is 0.179 e. The SMILES string of the molecule is COC(OC)C(NN)c1c(Br)nnn1C. The number of nitrogens with two attached hydrogens (primary N) is 1. The molecule has 1 aromatic rings. The zero-order valence-corrected chi connectivity index (χ0v) is 10.4. The number of hydrogen-bond acceptors (Lipinski definition) is 6. The Morgan fingerprint density at radius 3 is 2.40 bits per heavy atom. The van der Waals surface area contributed by atoms with Crippen LogP contribution in [0, 0.1) is 0 Å². The number of hydrogen-bond donors (Lipinski definition) is 2. The molecule has 0 saturated carbocycles. The zero-order valence-electron chi connectivity index (χ0n) is 8.77. The van der Waals surface area contributed by atoms with Gasteiger partial charge in [0.05, 0.1) is 5.69 Å². The summed E-state index contributed by atoms with van der Waals surface area (Å²) in [4.78, 5) is 0. The fraction of sp³-hybridized carbons (Fsp3) is 0.714. The van der Waals surface area contributed by atoms with Gasteiger partial charge in [0.15, 0.2) is 10.9 Å². The first-order chi connectivity index (χ1) is 7.15. The molecule has 1 heterocycles. The van der Waals surface area contributed by atoms with Gasteiger partial charge in [-0.25, -0.2) is 10.1 Å². The van der Waals surface area contributed by atoms with Crippen LogP contribution >= 0.6 is 15.9 Å². The Kier molecular flexibility index (Phi) is 4.61. The maximum Gasteiger partial charge on any atom is 0.179 e. The number of hydrazine groups is 1. The van der Waals surface area contributed by atoms with E-state index in [1.807, 2.05) is 0 Å². The number of aromatic nitrogens is 3. The standard InChI is InChI=1S/C7H14BrN5O2/c1-13-5(6(8)11-12-13)4(10-9)7(14-2)15-3/h4,7,10H,9H2,1-3H3. The molecule has 1 unspecified atom stereocenters. The number of aryl methyl sites for hydroxylation is 1. The van der Waals surface area contributed by atoms with Crippen molar-refractivity contribution in [2.75, 3.05) is 14.2 Å². The highest BCUT2D eigenvalue weighted by Crippen LogP contribution is 2.24. The molecule has 0 fully saturated rings. The minimum absolute atomic E-state index is 0.352. The Labute approximate surface area is 96.0 Å². The topological polar surface area (TPSA) is 87.2 Å². The van der Waals surface area contributed by atoms with Crippen LogP contribution in [-0.2, 0) is 16.5 Å². The maximum atomic E-state index is 5.45. The maximum absolute atomic E-state index is 5.45. The quantitative estimate of drug-likeness (QED) is 0.437. The van der Waals surface area contributed by atoms with Gasteiger partial charge in [0.25, 0.3) is 0 Å². The van der Waals surface area contributed by atoms with E-state index in [-0.39, 0.29) is 6.04 Å². The lowest BCUT2D eigenvalue weighted by Gasteiger charge is -2.23. The number of rotatable bonds is 5. The molecule has 1 atom stereocenters. The van der Waals surface area contributed by atoms with Crippen LogP contribution in [0.5, 0.6) is 0 Å². The second-order valence-corrected chi connectivity index (χ2v) is 3.62. The molecule has 0 saturated heterocycles. The van der Waals surface area contributed by atoms with Crippen LogP contribution in [0.15, 0.2) is 4.60 Å². The molecule has 0 aliphatic carbocycles. The van der Waals surface area contributed by atoms with Crippen molar-refractivity contribution in [3.8, 4) is 0 Å². The molecule has 0 aliphatic rings. The Morgan fingerprint density at radius 1 is 1.47 bits per heavy atom. The molecule has 3 N–H and O–H groups in total. The first kappa shape index (κ1) is 12.5. The fourth-order valence-electron chi connectivity index (χ4n) is 1.32. The molecule has 0 amide bonds. The van der Waals surface area contributed by atoms with E-state index in [4.69, 9.17) is 15.3 Å². The van der Waals surface area contributed by atoms with Crippen molar-refractivity contribution in [2.45, 2.75) is 12.3 Å². The highest BCUT2D eigenvalue weighted by atomic mass is 79.9. The van der Waals surface area contributed by atoms with E-state index in [1.54, 1.807) is 11.7 Å². The van der Waals surface area contributed by atoms with Gasteiger partial charge in [0, 0.05) is 21.3 Å². The van der Waals surface area contributed by atoms with E-state index >= 15 is 0 Å². The van der Waals surface area contributed by atoms with Gasteiger partial charge in [-0.1, -0.05) is 5.21 Å². The first-order valence-electron chi connectivity index (χ1n) is 4.22. The minimum Gasteiger partial charge on any atom is -0.354 e. The number of nitrogens with one attached hydrogen (secondary N) is 1. The van der Waals surface area contributed by atoms with Crippen LogP contribution < -0.4 is 11.3 Å². The largest absolute Gasteiger partial charge is 0.354 e. The number of halogens is 1. The molecule has 0 bridgehead atoms. The summed E-state index contributed by atoms with van der Waals surface area (Å²) in [7, 11) is 4.84. The Hall–Kier alpha value is -0.540. The van der Waals surface area contributed by atoms with Crippen LogP contribution in [0.3, 0.4) is 0 Å². The van der Waals surface area contributed by atoms with Crippen LogP contribution in [-0.4, -0.2) is 35.5 Å². The monoisotopic (exact) mass is 279 g/mol. The molecule has 86 valence electrons. The second-order valence-electron chi connectivity index (χ2n) is 2.87. The minimum atomic E-state index is -0.511. The number of ether oxygens (including phenoxy) is 2. The van der Waals surface area contributed by atoms with E-state index in [9.17, 15) is 0 Å². The van der Waals surface area contributed by atoms with Crippen molar-refractivity contribution in [2.24, 2.45) is 12.9 Å². The van der Waals surface area contributed by atoms with Gasteiger partial charge in [-0.3, -0.25) is 5.84 Å². The molecule has 15 heavy (non-hydrogen) atoms. The van der Waals surface area contributed by atoms with E-state index in [2.05, 4.69) is 31.7 Å². The molecule has 1 aromatic heterocycles. The van der Waals surface area contributed by atoms with Crippen LogP contribution in [0.1, 0.15) is 11.7 Å². The third kappa shape index (κ3) is 2.52. The average molecular weight is 280 g/mol. The summed E-state index contributed by atoms with van der Waals surface area (Å²) >= 11 is 3.28. The average Bonchev–Trinajstić information content (AvgIpc) is 2.56. The molecule has 8 heteroatoms. The highest BCUT2D eigenvalue weighted by molar-refractivity contribution is 9.10. The third-order valence-corrected chi connectivity index (χ3v) is 2.60. The molecule has 0 radical (unpaired) electrons. The lowest BCUT2D eigenvalue weighted by atomic mass is 10.2. The second kappa shape index (κ2) is 5.52. The van der Waals surface area contributed by atoms with Crippen LogP contribution in [0.2, 0.25) is 0 Å². The van der Waals surface area contributed by atoms with E-state index in [0.29, 0.717) is 4.60 Å². The summed E-state index contributed by atoms with van der Waals surface area (Å²) in [5.41, 5.74) is 3.36. The van der Waals surface area contributed by atoms with Crippen molar-refractivity contribution in [3.63, 3.8) is 0 Å². The third-order valence-electron chi connectivity index (χ3n) is 2.04. The first-order valence-corrected chi connectivity index (χ1v) is 5.01. The normalized spacial score (nSPS) is 13.5. The molecule has 1 rings (SSSR count). The van der Waals surface area contributed by atoms with Gasteiger partial charge in [0.2, 0.25) is 0 Å². The van der Waals surface area contributed by atoms with Crippen molar-refractivity contribution in [3.05, 3.63) is 10.3 Å². The Bertz CT molecular complexity index is 295. The van der Waals surface area contributed by atoms with Gasteiger partial charge in [-0.05, 0) is 15.9 Å². The summed E-state index contributed by atoms with van der Waals surface area (Å²) in [5, 5.41) is 7.71. The van der Waals surface area contributed by atoms with E-state index in [0.717, 1.165) is 5.69 Å². The summed E-state index contributed by atoms with van der Waals surface area (Å²) in [6.45, 7) is 0. The molecular weight excluding hydrogens is 266 g/mol. The van der Waals surface area contributed by atoms with Gasteiger partial charge < -0.3 is 9.47 Å². The molecule has 7 nitrogen and oxygen atoms in total. The molecule has 0 aromatic carbocycles. The van der Waals surface area contributed by atoms with Gasteiger partial charge in [0.1, 0.15) is 6.04 Å². The number of methoxy groups -OCH3 is 2. The van der Waals surface area contributed by atoms with E-state index < -0.39 is 6.29 Å². The fourth-order valence-corrected chi connectivity index (χ4v) is 1.90. The summed E-state index contributed by atoms with van der Waals surface area (Å²) in [5.74, 6) is 5.45. The highest BCUT2D eigenvalue weighted by Gasteiger charge is 2.27. The molecular formula is C7H14BrN5O2. The van der Waals surface area contributed by atoms with E-state index in [1.165, 1.54) is 14.2 Å².